The molecule has 3 aromatic rings. The summed E-state index contributed by atoms with van der Waals surface area (Å²) in [6.07, 6.45) is -6.10. The average Bonchev–Trinajstić information content (AvgIpc) is 2.95. The molecule has 0 aliphatic heterocycles. The van der Waals surface area contributed by atoms with Gasteiger partial charge < -0.3 is 33.9 Å². The number of carbonyl (C=O) groups excluding carboxylic acids is 1. The minimum absolute atomic E-state index is 0.00420. The van der Waals surface area contributed by atoms with E-state index in [9.17, 15) is 15.0 Å². The van der Waals surface area contributed by atoms with Crippen LogP contribution in [0.5, 0.6) is 0 Å². The molecular weight excluding hydrogens is 476 g/mol. The molecule has 0 heterocycles. The number of aliphatic hydroxyl groups is 2. The van der Waals surface area contributed by atoms with Gasteiger partial charge in [0.15, 0.2) is 6.10 Å². The fraction of sp³-hybridized carbons (Fsp3) is 0.345. The van der Waals surface area contributed by atoms with Crippen molar-refractivity contribution in [2.45, 2.75) is 44.2 Å². The maximum atomic E-state index is 11.8. The normalized spacial score (nSPS) is 14.4. The van der Waals surface area contributed by atoms with Crippen LogP contribution in [0.2, 0.25) is 0 Å². The lowest BCUT2D eigenvalue weighted by atomic mass is 10.0. The smallest absolute Gasteiger partial charge is 0.438 e. The van der Waals surface area contributed by atoms with Gasteiger partial charge in [0.2, 0.25) is 0 Å². The van der Waals surface area contributed by atoms with E-state index in [1.54, 1.807) is 0 Å². The van der Waals surface area contributed by atoms with Crippen molar-refractivity contribution in [1.82, 2.24) is 0 Å². The van der Waals surface area contributed by atoms with Crippen molar-refractivity contribution in [3.05, 3.63) is 108 Å². The number of benzene rings is 3. The van der Waals surface area contributed by atoms with Gasteiger partial charge in [-0.25, -0.2) is 4.79 Å². The predicted molar refractivity (Wildman–Crippen MR) is 137 cm³/mol. The highest BCUT2D eigenvalue weighted by molar-refractivity contribution is 5.59. The lowest BCUT2D eigenvalue weighted by Gasteiger charge is -2.31. The zero-order chi connectivity index (χ0) is 26.3. The molecule has 0 aliphatic rings. The van der Waals surface area contributed by atoms with Crippen LogP contribution >= 0.6 is 0 Å². The Hall–Kier alpha value is -3.27. The van der Waals surface area contributed by atoms with Gasteiger partial charge in [-0.05, 0) is 16.7 Å². The first-order valence-corrected chi connectivity index (χ1v) is 12.1. The van der Waals surface area contributed by atoms with Crippen molar-refractivity contribution in [2.75, 3.05) is 20.3 Å². The maximum Gasteiger partial charge on any atom is 0.508 e. The molecule has 0 radical (unpaired) electrons. The number of carbonyl (C=O) groups is 1. The van der Waals surface area contributed by atoms with Gasteiger partial charge in [0.1, 0.15) is 18.3 Å². The molecule has 0 amide bonds. The van der Waals surface area contributed by atoms with E-state index in [1.165, 1.54) is 0 Å². The van der Waals surface area contributed by atoms with Crippen LogP contribution in [-0.4, -0.2) is 61.1 Å². The molecule has 0 saturated heterocycles. The Bertz CT molecular complexity index is 1020. The number of rotatable bonds is 15. The van der Waals surface area contributed by atoms with Crippen molar-refractivity contribution in [3.63, 3.8) is 0 Å². The van der Waals surface area contributed by atoms with Gasteiger partial charge in [0, 0.05) is 0 Å². The second kappa shape index (κ2) is 15.8. The van der Waals surface area contributed by atoms with Crippen LogP contribution in [0.25, 0.3) is 0 Å². The summed E-state index contributed by atoms with van der Waals surface area (Å²) in [6, 6.07) is 28.5. The second-order valence-corrected chi connectivity index (χ2v) is 8.43. The minimum atomic E-state index is -1.53. The molecule has 198 valence electrons. The van der Waals surface area contributed by atoms with Crippen LogP contribution in [-0.2, 0) is 43.5 Å². The van der Waals surface area contributed by atoms with Gasteiger partial charge >= 0.3 is 6.16 Å². The van der Waals surface area contributed by atoms with Crippen LogP contribution in [0.3, 0.4) is 0 Å². The van der Waals surface area contributed by atoms with E-state index in [-0.39, 0.29) is 26.4 Å². The molecule has 0 unspecified atom stereocenters. The zero-order valence-corrected chi connectivity index (χ0v) is 20.8. The van der Waals surface area contributed by atoms with E-state index in [0.29, 0.717) is 6.61 Å². The zero-order valence-electron chi connectivity index (χ0n) is 20.8. The van der Waals surface area contributed by atoms with Gasteiger partial charge in [-0.1, -0.05) is 91.0 Å². The summed E-state index contributed by atoms with van der Waals surface area (Å²) in [7, 11) is 1.16. The van der Waals surface area contributed by atoms with Crippen molar-refractivity contribution in [3.8, 4) is 0 Å². The Balaban J connectivity index is 1.65. The van der Waals surface area contributed by atoms with Crippen molar-refractivity contribution >= 4 is 6.16 Å². The number of ether oxygens (including phenoxy) is 5. The maximum absolute atomic E-state index is 11.8. The van der Waals surface area contributed by atoms with Gasteiger partial charge in [-0.3, -0.25) is 0 Å². The summed E-state index contributed by atoms with van der Waals surface area (Å²) in [5.74, 6) is 0. The van der Waals surface area contributed by atoms with Gasteiger partial charge in [0.25, 0.3) is 0 Å². The number of hydrogen-bond acceptors (Lipinski definition) is 8. The lowest BCUT2D eigenvalue weighted by Crippen LogP contribution is -2.50. The molecule has 0 saturated carbocycles. The van der Waals surface area contributed by atoms with Crippen LogP contribution < -0.4 is 0 Å². The van der Waals surface area contributed by atoms with Crippen molar-refractivity contribution in [2.24, 2.45) is 0 Å². The van der Waals surface area contributed by atoms with Crippen molar-refractivity contribution in [1.29, 1.82) is 0 Å². The molecule has 0 fully saturated rings. The lowest BCUT2D eigenvalue weighted by molar-refractivity contribution is -0.159. The molecule has 0 aromatic heterocycles. The van der Waals surface area contributed by atoms with Crippen LogP contribution in [0.4, 0.5) is 4.79 Å². The minimum Gasteiger partial charge on any atom is -0.438 e. The summed E-state index contributed by atoms with van der Waals surface area (Å²) >= 11 is 0. The quantitative estimate of drug-likeness (QED) is 0.297. The summed E-state index contributed by atoms with van der Waals surface area (Å²) in [4.78, 5) is 11.8. The number of aliphatic hydroxyl groups excluding tert-OH is 2. The SMILES string of the molecule is COC(=O)O[C@H](COCc1ccccc1)[C@@H](O)[C@H](O)[C@@H](COCc1ccccc1)OCc1ccccc1. The third-order valence-electron chi connectivity index (χ3n) is 5.62. The third kappa shape index (κ3) is 9.95. The molecule has 0 spiro atoms. The highest BCUT2D eigenvalue weighted by Gasteiger charge is 2.36. The molecule has 37 heavy (non-hydrogen) atoms. The monoisotopic (exact) mass is 510 g/mol. The fourth-order valence-corrected chi connectivity index (χ4v) is 3.57. The molecule has 3 rings (SSSR count). The van der Waals surface area contributed by atoms with E-state index in [0.717, 1.165) is 23.8 Å². The molecule has 4 atom stereocenters. The van der Waals surface area contributed by atoms with Crippen LogP contribution in [0, 0.1) is 0 Å². The van der Waals surface area contributed by atoms with Gasteiger partial charge in [-0.15, -0.1) is 0 Å². The summed E-state index contributed by atoms with van der Waals surface area (Å²) in [5.41, 5.74) is 2.76. The van der Waals surface area contributed by atoms with E-state index in [1.807, 2.05) is 91.0 Å². The molecule has 8 heteroatoms. The molecular formula is C29H34O8. The first-order valence-electron chi connectivity index (χ1n) is 12.1. The first kappa shape index (κ1) is 28.3. The largest absolute Gasteiger partial charge is 0.508 e. The first-order chi connectivity index (χ1) is 18.1. The third-order valence-corrected chi connectivity index (χ3v) is 5.62. The van der Waals surface area contributed by atoms with E-state index < -0.39 is 30.6 Å². The Kier molecular flexibility index (Phi) is 12.1. The predicted octanol–water partition coefficient (Wildman–Crippen LogP) is 3.88. The highest BCUT2D eigenvalue weighted by Crippen LogP contribution is 2.16. The van der Waals surface area contributed by atoms with Crippen molar-refractivity contribution < 1.29 is 38.7 Å². The highest BCUT2D eigenvalue weighted by atomic mass is 16.7. The molecule has 2 N–H and O–H groups in total. The Morgan fingerprint density at radius 2 is 1.05 bits per heavy atom. The molecule has 0 bridgehead atoms. The summed E-state index contributed by atoms with van der Waals surface area (Å²) in [6.45, 7) is 0.557. The number of methoxy groups -OCH3 is 1. The Labute approximate surface area is 217 Å². The van der Waals surface area contributed by atoms with Crippen LogP contribution in [0.1, 0.15) is 16.7 Å². The summed E-state index contributed by atoms with van der Waals surface area (Å²) < 4.78 is 27.2. The van der Waals surface area contributed by atoms with E-state index >= 15 is 0 Å². The Morgan fingerprint density at radius 1 is 0.649 bits per heavy atom. The molecule has 8 nitrogen and oxygen atoms in total. The van der Waals surface area contributed by atoms with E-state index in [4.69, 9.17) is 18.9 Å². The average molecular weight is 511 g/mol. The second-order valence-electron chi connectivity index (χ2n) is 8.43. The number of hydrogen-bond donors (Lipinski definition) is 2. The molecule has 0 aliphatic carbocycles. The van der Waals surface area contributed by atoms with Crippen LogP contribution in [0.15, 0.2) is 91.0 Å². The van der Waals surface area contributed by atoms with Gasteiger partial charge in [-0.2, -0.15) is 0 Å². The van der Waals surface area contributed by atoms with Gasteiger partial charge in [0.05, 0.1) is 40.1 Å². The fourth-order valence-electron chi connectivity index (χ4n) is 3.57. The Morgan fingerprint density at radius 3 is 1.51 bits per heavy atom. The van der Waals surface area contributed by atoms with E-state index in [2.05, 4.69) is 4.74 Å². The topological polar surface area (TPSA) is 104 Å². The summed E-state index contributed by atoms with van der Waals surface area (Å²) in [5, 5.41) is 22.1. The standard InChI is InChI=1S/C29H34O8/c1-33-29(32)37-26(21-35-18-23-13-7-3-8-14-23)28(31)27(30)25(36-19-24-15-9-4-10-16-24)20-34-17-22-11-5-2-6-12-22/h2-16,25-28,30-31H,17-21H2,1H3/t25-,26-,27-,28-/m1/s1. The molecule has 3 aromatic carbocycles.